The molecule has 0 saturated heterocycles. The minimum absolute atomic E-state index is 0.308. The number of benzene rings is 1. The van der Waals surface area contributed by atoms with E-state index >= 15 is 0 Å². The molecule has 1 radical (unpaired) electrons. The van der Waals surface area contributed by atoms with Gasteiger partial charge in [-0.15, -0.1) is 0 Å². The maximum Gasteiger partial charge on any atom is 0.231 e. The average Bonchev–Trinajstić information content (AvgIpc) is 2.33. The molecule has 3 heteroatoms. The van der Waals surface area contributed by atoms with Gasteiger partial charge in [0.05, 0.1) is 0 Å². The summed E-state index contributed by atoms with van der Waals surface area (Å²) in [5.74, 6) is 1.46. The Kier molecular flexibility index (Phi) is 1.31. The fourth-order valence-electron chi connectivity index (χ4n) is 0.809. The first kappa shape index (κ1) is 6.04. The molecule has 0 aromatic heterocycles. The first-order valence-electron chi connectivity index (χ1n) is 2.84. The molecule has 51 valence electrons. The van der Waals surface area contributed by atoms with Crippen LogP contribution in [0, 0.1) is 6.07 Å². The van der Waals surface area contributed by atoms with Crippen molar-refractivity contribution < 1.29 is 9.47 Å². The van der Waals surface area contributed by atoms with E-state index in [9.17, 15) is 0 Å². The smallest absolute Gasteiger partial charge is 0.231 e. The van der Waals surface area contributed by atoms with Gasteiger partial charge in [0.1, 0.15) is 0 Å². The molecule has 1 aliphatic rings. The predicted molar refractivity (Wildman–Crippen MR) is 39.1 cm³/mol. The fourth-order valence-corrected chi connectivity index (χ4v) is 1.12. The van der Waals surface area contributed by atoms with Crippen molar-refractivity contribution in [1.82, 2.24) is 0 Å². The molecule has 0 spiro atoms. The lowest BCUT2D eigenvalue weighted by molar-refractivity contribution is 0.173. The zero-order chi connectivity index (χ0) is 6.97. The standard InChI is InChI=1S/C7H4BrO2/c8-5-1-2-6-7(3-5)10-4-9-6/h1-2H,4H2. The number of halogens is 1. The lowest BCUT2D eigenvalue weighted by Crippen LogP contribution is -1.92. The van der Waals surface area contributed by atoms with Crippen molar-refractivity contribution in [3.05, 3.63) is 22.7 Å². The van der Waals surface area contributed by atoms with E-state index in [-0.39, 0.29) is 0 Å². The molecule has 2 nitrogen and oxygen atoms in total. The van der Waals surface area contributed by atoms with Crippen molar-refractivity contribution >= 4 is 15.9 Å². The van der Waals surface area contributed by atoms with E-state index in [1.54, 1.807) is 0 Å². The van der Waals surface area contributed by atoms with Crippen LogP contribution in [-0.2, 0) is 0 Å². The Hall–Kier alpha value is -0.700. The highest BCUT2D eigenvalue weighted by atomic mass is 79.9. The third kappa shape index (κ3) is 0.865. The Morgan fingerprint density at radius 1 is 1.40 bits per heavy atom. The van der Waals surface area contributed by atoms with Crippen LogP contribution >= 0.6 is 15.9 Å². The largest absolute Gasteiger partial charge is 0.454 e. The van der Waals surface area contributed by atoms with Gasteiger partial charge in [0.25, 0.3) is 0 Å². The molecule has 1 aromatic carbocycles. The molecule has 0 amide bonds. The van der Waals surface area contributed by atoms with Crippen LogP contribution in [0.3, 0.4) is 0 Å². The van der Waals surface area contributed by atoms with Gasteiger partial charge in [0.15, 0.2) is 11.5 Å². The second-order valence-corrected chi connectivity index (χ2v) is 2.76. The first-order valence-corrected chi connectivity index (χ1v) is 3.63. The Morgan fingerprint density at radius 3 is 3.20 bits per heavy atom. The third-order valence-electron chi connectivity index (χ3n) is 1.26. The fraction of sp³-hybridized carbons (Fsp3) is 0.143. The summed E-state index contributed by atoms with van der Waals surface area (Å²) < 4.78 is 11.0. The van der Waals surface area contributed by atoms with E-state index in [4.69, 9.17) is 9.47 Å². The molecule has 0 aliphatic carbocycles. The molecule has 0 atom stereocenters. The maximum atomic E-state index is 5.08. The summed E-state index contributed by atoms with van der Waals surface area (Å²) in [5.41, 5.74) is 0. The summed E-state index contributed by atoms with van der Waals surface area (Å²) in [6, 6.07) is 6.68. The molecule has 1 aromatic rings. The third-order valence-corrected chi connectivity index (χ3v) is 1.72. The predicted octanol–water partition coefficient (Wildman–Crippen LogP) is 1.98. The monoisotopic (exact) mass is 199 g/mol. The normalized spacial score (nSPS) is 13.7. The van der Waals surface area contributed by atoms with E-state index in [1.807, 2.05) is 12.1 Å². The van der Waals surface area contributed by atoms with Crippen molar-refractivity contribution in [3.8, 4) is 11.5 Å². The van der Waals surface area contributed by atoms with Crippen LogP contribution in [0.5, 0.6) is 11.5 Å². The second kappa shape index (κ2) is 2.16. The molecule has 0 saturated carbocycles. The Bertz CT molecular complexity index is 260. The molecule has 10 heavy (non-hydrogen) atoms. The molecule has 1 aliphatic heterocycles. The zero-order valence-electron chi connectivity index (χ0n) is 5.06. The summed E-state index contributed by atoms with van der Waals surface area (Å²) in [6.07, 6.45) is 0. The van der Waals surface area contributed by atoms with Gasteiger partial charge < -0.3 is 9.47 Å². The summed E-state index contributed by atoms with van der Waals surface area (Å²) >= 11 is 3.27. The van der Waals surface area contributed by atoms with Crippen molar-refractivity contribution in [2.75, 3.05) is 6.79 Å². The van der Waals surface area contributed by atoms with Gasteiger partial charge in [0, 0.05) is 10.5 Å². The molecule has 0 unspecified atom stereocenters. The van der Waals surface area contributed by atoms with Gasteiger partial charge in [-0.05, 0) is 12.1 Å². The molecule has 0 N–H and O–H groups in total. The van der Waals surface area contributed by atoms with Crippen LogP contribution in [0.25, 0.3) is 0 Å². The molecular weight excluding hydrogens is 196 g/mol. The van der Waals surface area contributed by atoms with E-state index in [0.29, 0.717) is 12.5 Å². The van der Waals surface area contributed by atoms with Crippen LogP contribution in [0.2, 0.25) is 0 Å². The zero-order valence-corrected chi connectivity index (χ0v) is 6.64. The summed E-state index contributed by atoms with van der Waals surface area (Å²) in [5, 5.41) is 0. The van der Waals surface area contributed by atoms with Gasteiger partial charge in [-0.1, -0.05) is 15.9 Å². The first-order chi connectivity index (χ1) is 4.86. The lowest BCUT2D eigenvalue weighted by atomic mass is 10.3. The quantitative estimate of drug-likeness (QED) is 0.637. The second-order valence-electron chi connectivity index (χ2n) is 1.91. The Balaban J connectivity index is 2.52. The van der Waals surface area contributed by atoms with Crippen molar-refractivity contribution in [1.29, 1.82) is 0 Å². The topological polar surface area (TPSA) is 18.5 Å². The Morgan fingerprint density at radius 2 is 2.30 bits per heavy atom. The highest BCUT2D eigenvalue weighted by Crippen LogP contribution is 2.33. The van der Waals surface area contributed by atoms with Crippen molar-refractivity contribution in [2.45, 2.75) is 0 Å². The van der Waals surface area contributed by atoms with Crippen LogP contribution in [0.1, 0.15) is 0 Å². The maximum absolute atomic E-state index is 5.08. The highest BCUT2D eigenvalue weighted by Gasteiger charge is 2.12. The van der Waals surface area contributed by atoms with Gasteiger partial charge in [-0.3, -0.25) is 0 Å². The number of ether oxygens (including phenoxy) is 2. The SMILES string of the molecule is Brc1[c]c2c(cc1)OCO2. The number of rotatable bonds is 0. The lowest BCUT2D eigenvalue weighted by Gasteiger charge is -1.92. The van der Waals surface area contributed by atoms with E-state index in [1.165, 1.54) is 0 Å². The molecule has 0 fully saturated rings. The molecule has 2 rings (SSSR count). The van der Waals surface area contributed by atoms with Crippen molar-refractivity contribution in [3.63, 3.8) is 0 Å². The minimum Gasteiger partial charge on any atom is -0.454 e. The summed E-state index contributed by atoms with van der Waals surface area (Å²) in [7, 11) is 0. The molecule has 0 bridgehead atoms. The highest BCUT2D eigenvalue weighted by molar-refractivity contribution is 9.10. The van der Waals surface area contributed by atoms with Crippen molar-refractivity contribution in [2.24, 2.45) is 0 Å². The minimum atomic E-state index is 0.308. The summed E-state index contributed by atoms with van der Waals surface area (Å²) in [4.78, 5) is 0. The van der Waals surface area contributed by atoms with E-state index < -0.39 is 0 Å². The number of hydrogen-bond donors (Lipinski definition) is 0. The molecule has 1 heterocycles. The molecular formula is C7H4BrO2. The van der Waals surface area contributed by atoms with Gasteiger partial charge in [-0.2, -0.15) is 0 Å². The van der Waals surface area contributed by atoms with Crippen LogP contribution in [0.4, 0.5) is 0 Å². The number of fused-ring (bicyclic) bond motifs is 1. The van der Waals surface area contributed by atoms with Gasteiger partial charge in [-0.25, -0.2) is 0 Å². The van der Waals surface area contributed by atoms with Crippen LogP contribution < -0.4 is 9.47 Å². The van der Waals surface area contributed by atoms with E-state index in [0.717, 1.165) is 10.2 Å². The number of hydrogen-bond acceptors (Lipinski definition) is 2. The van der Waals surface area contributed by atoms with E-state index in [2.05, 4.69) is 22.0 Å². The summed E-state index contributed by atoms with van der Waals surface area (Å²) in [6.45, 7) is 0.308. The average molecular weight is 200 g/mol. The van der Waals surface area contributed by atoms with Gasteiger partial charge in [0.2, 0.25) is 6.79 Å². The van der Waals surface area contributed by atoms with Crippen LogP contribution in [-0.4, -0.2) is 6.79 Å². The van der Waals surface area contributed by atoms with Gasteiger partial charge >= 0.3 is 0 Å². The Labute approximate surface area is 66.9 Å². The van der Waals surface area contributed by atoms with Crippen LogP contribution in [0.15, 0.2) is 16.6 Å².